The third-order valence-corrected chi connectivity index (χ3v) is 9.28. The molecule has 31 heavy (non-hydrogen) atoms. The number of piperidine rings is 2. The molecule has 0 radical (unpaired) electrons. The summed E-state index contributed by atoms with van der Waals surface area (Å²) >= 11 is 1.20. The van der Waals surface area contributed by atoms with Crippen molar-refractivity contribution in [3.63, 3.8) is 0 Å². The first-order valence-corrected chi connectivity index (χ1v) is 13.0. The first-order chi connectivity index (χ1) is 14.9. The minimum atomic E-state index is -3.54. The molecule has 1 N–H and O–H groups in total. The van der Waals surface area contributed by atoms with Crippen LogP contribution in [0.5, 0.6) is 0 Å². The van der Waals surface area contributed by atoms with Gasteiger partial charge in [0.2, 0.25) is 11.8 Å². The number of amides is 2. The van der Waals surface area contributed by atoms with E-state index >= 15 is 0 Å². The number of benzene rings is 1. The summed E-state index contributed by atoms with van der Waals surface area (Å²) in [6.45, 7) is 1.74. The van der Waals surface area contributed by atoms with Gasteiger partial charge in [0, 0.05) is 37.8 Å². The number of anilines is 1. The topological polar surface area (TPSA) is 86.8 Å². The van der Waals surface area contributed by atoms with Crippen LogP contribution < -0.4 is 5.32 Å². The van der Waals surface area contributed by atoms with Crippen LogP contribution in [0.15, 0.2) is 52.1 Å². The molecule has 2 amide bonds. The zero-order valence-corrected chi connectivity index (χ0v) is 18.9. The second-order valence-corrected chi connectivity index (χ2v) is 11.2. The van der Waals surface area contributed by atoms with Gasteiger partial charge in [-0.2, -0.15) is 4.31 Å². The lowest BCUT2D eigenvalue weighted by Gasteiger charge is -2.37. The predicted octanol–water partition coefficient (Wildman–Crippen LogP) is 3.03. The van der Waals surface area contributed by atoms with Crippen molar-refractivity contribution in [2.45, 2.75) is 29.9 Å². The quantitative estimate of drug-likeness (QED) is 0.742. The van der Waals surface area contributed by atoms with Gasteiger partial charge in [0.1, 0.15) is 4.21 Å². The number of rotatable bonds is 5. The van der Waals surface area contributed by atoms with Crippen molar-refractivity contribution in [1.29, 1.82) is 0 Å². The number of nitrogens with zero attached hydrogens (tertiary/aromatic N) is 2. The fourth-order valence-electron chi connectivity index (χ4n) is 4.29. The van der Waals surface area contributed by atoms with Crippen LogP contribution in [-0.4, -0.2) is 55.6 Å². The Balaban J connectivity index is 1.31. The number of likely N-dealkylation sites (tertiary alicyclic amines) is 1. The summed E-state index contributed by atoms with van der Waals surface area (Å²) in [7, 11) is -3.54. The lowest BCUT2D eigenvalue weighted by atomic mass is 9.93. The van der Waals surface area contributed by atoms with Crippen LogP contribution in [0.25, 0.3) is 0 Å². The molecule has 2 saturated heterocycles. The number of nitrogens with one attached hydrogen (secondary N) is 1. The molecule has 0 unspecified atom stereocenters. The number of hydrogen-bond acceptors (Lipinski definition) is 5. The standard InChI is InChI=1S/C22H27N3O4S2/c26-21(23-19-7-2-1-3-8-19)17-10-13-24(14-11-17)22(27)18-6-4-12-25(16-18)31(28,29)20-9-5-15-30-20/h1-3,5,7-9,15,17-18H,4,6,10-14,16H2,(H,23,26)/t18-/m0/s1. The van der Waals surface area contributed by atoms with Crippen LogP contribution >= 0.6 is 11.3 Å². The summed E-state index contributed by atoms with van der Waals surface area (Å²) in [6.07, 6.45) is 2.61. The molecular formula is C22H27N3O4S2. The number of sulfonamides is 1. The molecule has 4 rings (SSSR count). The van der Waals surface area contributed by atoms with E-state index in [0.717, 1.165) is 5.69 Å². The lowest BCUT2D eigenvalue weighted by Crippen LogP contribution is -2.49. The molecule has 0 spiro atoms. The van der Waals surface area contributed by atoms with Crippen molar-refractivity contribution < 1.29 is 18.0 Å². The van der Waals surface area contributed by atoms with Gasteiger partial charge in [-0.3, -0.25) is 9.59 Å². The van der Waals surface area contributed by atoms with E-state index < -0.39 is 10.0 Å². The molecule has 3 heterocycles. The zero-order chi connectivity index (χ0) is 21.8. The Bertz CT molecular complexity index is 1000. The fourth-order valence-corrected chi connectivity index (χ4v) is 6.95. The SMILES string of the molecule is O=C(Nc1ccccc1)C1CCN(C(=O)[C@H]2CCCN(S(=O)(=O)c3cccs3)C2)CC1. The predicted molar refractivity (Wildman–Crippen MR) is 120 cm³/mol. The van der Waals surface area contributed by atoms with E-state index in [0.29, 0.717) is 49.5 Å². The van der Waals surface area contributed by atoms with Gasteiger partial charge in [0.25, 0.3) is 10.0 Å². The number of hydrogen-bond donors (Lipinski definition) is 1. The summed E-state index contributed by atoms with van der Waals surface area (Å²) in [5.74, 6) is -0.443. The molecule has 1 atom stereocenters. The van der Waals surface area contributed by atoms with E-state index in [4.69, 9.17) is 0 Å². The Hall–Kier alpha value is -2.23. The monoisotopic (exact) mass is 461 g/mol. The second kappa shape index (κ2) is 9.50. The summed E-state index contributed by atoms with van der Waals surface area (Å²) in [5.41, 5.74) is 0.778. The third kappa shape index (κ3) is 4.99. The molecular weight excluding hydrogens is 434 g/mol. The molecule has 0 aliphatic carbocycles. The molecule has 1 aromatic carbocycles. The van der Waals surface area contributed by atoms with Gasteiger partial charge in [-0.05, 0) is 49.3 Å². The van der Waals surface area contributed by atoms with E-state index in [2.05, 4.69) is 5.32 Å². The smallest absolute Gasteiger partial charge is 0.252 e. The van der Waals surface area contributed by atoms with Gasteiger partial charge >= 0.3 is 0 Å². The van der Waals surface area contributed by atoms with Gasteiger partial charge < -0.3 is 10.2 Å². The maximum Gasteiger partial charge on any atom is 0.252 e. The number of thiophene rings is 1. The summed E-state index contributed by atoms with van der Waals surface area (Å²) in [5, 5.41) is 4.69. The van der Waals surface area contributed by atoms with Crippen LogP contribution in [0.1, 0.15) is 25.7 Å². The van der Waals surface area contributed by atoms with E-state index in [1.54, 1.807) is 22.4 Å². The van der Waals surface area contributed by atoms with E-state index in [9.17, 15) is 18.0 Å². The largest absolute Gasteiger partial charge is 0.342 e. The van der Waals surface area contributed by atoms with Crippen molar-refractivity contribution in [3.8, 4) is 0 Å². The first kappa shape index (κ1) is 22.0. The third-order valence-electron chi connectivity index (χ3n) is 6.04. The summed E-state index contributed by atoms with van der Waals surface area (Å²) in [6, 6.07) is 12.7. The van der Waals surface area contributed by atoms with E-state index in [-0.39, 0.29) is 30.2 Å². The van der Waals surface area contributed by atoms with Crippen molar-refractivity contribution in [2.75, 3.05) is 31.5 Å². The summed E-state index contributed by atoms with van der Waals surface area (Å²) < 4.78 is 27.4. The Morgan fingerprint density at radius 2 is 1.68 bits per heavy atom. The number of para-hydroxylation sites is 1. The average Bonchev–Trinajstić information content (AvgIpc) is 3.35. The highest BCUT2D eigenvalue weighted by Crippen LogP contribution is 2.28. The number of carbonyl (C=O) groups excluding carboxylic acids is 2. The highest BCUT2D eigenvalue weighted by atomic mass is 32.2. The fraction of sp³-hybridized carbons (Fsp3) is 0.455. The maximum atomic E-state index is 13.1. The van der Waals surface area contributed by atoms with E-state index in [1.165, 1.54) is 15.6 Å². The molecule has 2 aliphatic heterocycles. The van der Waals surface area contributed by atoms with Gasteiger partial charge in [0.05, 0.1) is 5.92 Å². The molecule has 0 bridgehead atoms. The second-order valence-electron chi connectivity index (χ2n) is 8.09. The highest BCUT2D eigenvalue weighted by Gasteiger charge is 2.37. The molecule has 9 heteroatoms. The molecule has 7 nitrogen and oxygen atoms in total. The van der Waals surface area contributed by atoms with Crippen molar-refractivity contribution in [1.82, 2.24) is 9.21 Å². The zero-order valence-electron chi connectivity index (χ0n) is 17.3. The van der Waals surface area contributed by atoms with Crippen molar-refractivity contribution in [2.24, 2.45) is 11.8 Å². The average molecular weight is 462 g/mol. The highest BCUT2D eigenvalue weighted by molar-refractivity contribution is 7.91. The Labute approximate surface area is 187 Å². The van der Waals surface area contributed by atoms with Crippen LogP contribution in [0.3, 0.4) is 0 Å². The maximum absolute atomic E-state index is 13.1. The van der Waals surface area contributed by atoms with Crippen LogP contribution in [-0.2, 0) is 19.6 Å². The van der Waals surface area contributed by atoms with Gasteiger partial charge in [-0.1, -0.05) is 24.3 Å². The molecule has 0 saturated carbocycles. The number of carbonyl (C=O) groups is 2. The minimum absolute atomic E-state index is 0.00740. The Kier molecular flexibility index (Phi) is 6.74. The van der Waals surface area contributed by atoms with Crippen LogP contribution in [0.4, 0.5) is 5.69 Å². The lowest BCUT2D eigenvalue weighted by molar-refractivity contribution is -0.139. The van der Waals surface area contributed by atoms with Crippen molar-refractivity contribution in [3.05, 3.63) is 47.8 Å². The molecule has 2 aromatic rings. The Morgan fingerprint density at radius 1 is 0.935 bits per heavy atom. The Morgan fingerprint density at radius 3 is 2.35 bits per heavy atom. The van der Waals surface area contributed by atoms with Crippen molar-refractivity contribution >= 4 is 38.9 Å². The molecule has 166 valence electrons. The first-order valence-electron chi connectivity index (χ1n) is 10.6. The van der Waals surface area contributed by atoms with Gasteiger partial charge in [-0.15, -0.1) is 11.3 Å². The van der Waals surface area contributed by atoms with E-state index in [1.807, 2.05) is 30.3 Å². The summed E-state index contributed by atoms with van der Waals surface area (Å²) in [4.78, 5) is 27.4. The van der Waals surface area contributed by atoms with Gasteiger partial charge in [0.15, 0.2) is 0 Å². The normalized spacial score (nSPS) is 21.0. The van der Waals surface area contributed by atoms with Crippen LogP contribution in [0.2, 0.25) is 0 Å². The molecule has 2 fully saturated rings. The molecule has 2 aliphatic rings. The van der Waals surface area contributed by atoms with Gasteiger partial charge in [-0.25, -0.2) is 8.42 Å². The molecule has 1 aromatic heterocycles. The minimum Gasteiger partial charge on any atom is -0.342 e. The van der Waals surface area contributed by atoms with Crippen LogP contribution in [0, 0.1) is 11.8 Å².